The molecule has 1 amide bonds. The molecule has 0 aromatic heterocycles. The number of likely N-dealkylation sites (tertiary alicyclic amines) is 1. The monoisotopic (exact) mass is 219 g/mol. The highest BCUT2D eigenvalue weighted by Gasteiger charge is 2.32. The highest BCUT2D eigenvalue weighted by Crippen LogP contribution is 2.30. The second kappa shape index (κ2) is 4.60. The number of amides is 1. The molecule has 1 fully saturated rings. The maximum atomic E-state index is 11.9. The van der Waals surface area contributed by atoms with E-state index < -0.39 is 0 Å². The molecule has 0 aliphatic carbocycles. The summed E-state index contributed by atoms with van der Waals surface area (Å²) in [5.41, 5.74) is 0. The number of carbonyl (C=O) groups is 1. The summed E-state index contributed by atoms with van der Waals surface area (Å²) in [6, 6.07) is 0. The van der Waals surface area contributed by atoms with E-state index >= 15 is 0 Å². The molecule has 4 heteroatoms. The maximum Gasteiger partial charge on any atom is 0.239 e. The quantitative estimate of drug-likeness (QED) is 0.568. The lowest BCUT2D eigenvalue weighted by Gasteiger charge is -2.32. The SMILES string of the molecule is CC(C)(SS)C(=O)N1CCCCC1. The van der Waals surface area contributed by atoms with Gasteiger partial charge >= 0.3 is 0 Å². The molecule has 1 aliphatic heterocycles. The van der Waals surface area contributed by atoms with Gasteiger partial charge in [-0.25, -0.2) is 0 Å². The molecule has 0 spiro atoms. The maximum absolute atomic E-state index is 11.9. The molecule has 0 saturated carbocycles. The number of hydrogen-bond acceptors (Lipinski definition) is 3. The van der Waals surface area contributed by atoms with Gasteiger partial charge in [0.1, 0.15) is 0 Å². The van der Waals surface area contributed by atoms with Gasteiger partial charge in [-0.1, -0.05) is 10.8 Å². The summed E-state index contributed by atoms with van der Waals surface area (Å²) in [6.07, 6.45) is 3.57. The van der Waals surface area contributed by atoms with Crippen molar-refractivity contribution in [1.82, 2.24) is 4.90 Å². The smallest absolute Gasteiger partial charge is 0.239 e. The van der Waals surface area contributed by atoms with Crippen molar-refractivity contribution < 1.29 is 4.79 Å². The Kier molecular flexibility index (Phi) is 3.98. The van der Waals surface area contributed by atoms with E-state index in [4.69, 9.17) is 0 Å². The molecule has 0 bridgehead atoms. The first-order valence-corrected chi connectivity index (χ1v) is 6.57. The zero-order chi connectivity index (χ0) is 9.90. The van der Waals surface area contributed by atoms with E-state index in [-0.39, 0.29) is 10.7 Å². The summed E-state index contributed by atoms with van der Waals surface area (Å²) in [5.74, 6) is 0.229. The van der Waals surface area contributed by atoms with E-state index in [9.17, 15) is 4.79 Å². The Hall–Kier alpha value is 0.170. The number of thiol groups is 1. The fourth-order valence-corrected chi connectivity index (χ4v) is 1.96. The van der Waals surface area contributed by atoms with E-state index in [2.05, 4.69) is 11.7 Å². The van der Waals surface area contributed by atoms with Gasteiger partial charge in [0.15, 0.2) is 0 Å². The Bertz CT molecular complexity index is 188. The van der Waals surface area contributed by atoms with Crippen LogP contribution in [0.5, 0.6) is 0 Å². The summed E-state index contributed by atoms with van der Waals surface area (Å²) in [4.78, 5) is 13.9. The van der Waals surface area contributed by atoms with Gasteiger partial charge in [-0.15, -0.1) is 11.7 Å². The zero-order valence-electron chi connectivity index (χ0n) is 8.25. The van der Waals surface area contributed by atoms with Crippen LogP contribution in [0.4, 0.5) is 0 Å². The van der Waals surface area contributed by atoms with E-state index in [1.807, 2.05) is 18.7 Å². The minimum absolute atomic E-state index is 0.229. The Balaban J connectivity index is 2.55. The molecule has 0 unspecified atom stereocenters. The van der Waals surface area contributed by atoms with Gasteiger partial charge < -0.3 is 4.90 Å². The topological polar surface area (TPSA) is 20.3 Å². The Morgan fingerprint density at radius 3 is 2.31 bits per heavy atom. The number of carbonyl (C=O) groups excluding carboxylic acids is 1. The van der Waals surface area contributed by atoms with E-state index in [0.29, 0.717) is 0 Å². The average Bonchev–Trinajstić information content (AvgIpc) is 2.18. The molecule has 13 heavy (non-hydrogen) atoms. The second-order valence-corrected chi connectivity index (χ2v) is 5.71. The molecule has 1 aliphatic rings. The first-order chi connectivity index (χ1) is 6.08. The van der Waals surface area contributed by atoms with E-state index in [1.165, 1.54) is 17.2 Å². The molecule has 0 atom stereocenters. The number of hydrogen-bond donors (Lipinski definition) is 1. The third kappa shape index (κ3) is 2.81. The van der Waals surface area contributed by atoms with Crippen molar-refractivity contribution in [1.29, 1.82) is 0 Å². The van der Waals surface area contributed by atoms with Crippen LogP contribution < -0.4 is 0 Å². The van der Waals surface area contributed by atoms with Gasteiger partial charge in [-0.2, -0.15) is 0 Å². The molecule has 1 rings (SSSR count). The minimum Gasteiger partial charge on any atom is -0.341 e. The van der Waals surface area contributed by atoms with Gasteiger partial charge in [0, 0.05) is 13.1 Å². The van der Waals surface area contributed by atoms with Crippen LogP contribution in [-0.2, 0) is 4.79 Å². The lowest BCUT2D eigenvalue weighted by Crippen LogP contribution is -2.45. The van der Waals surface area contributed by atoms with Crippen LogP contribution in [0.3, 0.4) is 0 Å². The van der Waals surface area contributed by atoms with Gasteiger partial charge in [-0.05, 0) is 33.1 Å². The van der Waals surface area contributed by atoms with Crippen LogP contribution in [0, 0.1) is 0 Å². The predicted molar refractivity (Wildman–Crippen MR) is 61.1 cm³/mol. The highest BCUT2D eigenvalue weighted by atomic mass is 33.1. The molecule has 0 aromatic carbocycles. The third-order valence-electron chi connectivity index (χ3n) is 2.39. The second-order valence-electron chi connectivity index (χ2n) is 3.95. The number of nitrogens with zero attached hydrogens (tertiary/aromatic N) is 1. The Labute approximate surface area is 89.3 Å². The average molecular weight is 219 g/mol. The lowest BCUT2D eigenvalue weighted by atomic mass is 10.1. The molecular weight excluding hydrogens is 202 g/mol. The van der Waals surface area contributed by atoms with Crippen molar-refractivity contribution in [3.63, 3.8) is 0 Å². The summed E-state index contributed by atoms with van der Waals surface area (Å²) in [6.45, 7) is 5.72. The highest BCUT2D eigenvalue weighted by molar-refractivity contribution is 8.69. The molecule has 0 N–H and O–H groups in total. The molecule has 76 valence electrons. The summed E-state index contributed by atoms with van der Waals surface area (Å²) >= 11 is 4.13. The molecule has 2 nitrogen and oxygen atoms in total. The van der Waals surface area contributed by atoms with Gasteiger partial charge in [0.25, 0.3) is 0 Å². The van der Waals surface area contributed by atoms with Crippen molar-refractivity contribution in [2.24, 2.45) is 0 Å². The standard InChI is InChI=1S/C9H17NOS2/c1-9(2,13-12)8(11)10-6-4-3-5-7-10/h12H,3-7H2,1-2H3. The van der Waals surface area contributed by atoms with Gasteiger partial charge in [-0.3, -0.25) is 4.79 Å². The zero-order valence-corrected chi connectivity index (χ0v) is 9.96. The van der Waals surface area contributed by atoms with Crippen LogP contribution in [0.2, 0.25) is 0 Å². The fourth-order valence-electron chi connectivity index (χ4n) is 1.52. The van der Waals surface area contributed by atoms with Crippen LogP contribution in [0.15, 0.2) is 0 Å². The molecular formula is C9H17NOS2. The van der Waals surface area contributed by atoms with Crippen LogP contribution in [0.1, 0.15) is 33.1 Å². The molecule has 1 heterocycles. The van der Waals surface area contributed by atoms with Crippen molar-refractivity contribution in [2.45, 2.75) is 37.9 Å². The lowest BCUT2D eigenvalue weighted by molar-refractivity contribution is -0.133. The van der Waals surface area contributed by atoms with Gasteiger partial charge in [0.2, 0.25) is 5.91 Å². The molecule has 1 saturated heterocycles. The van der Waals surface area contributed by atoms with Crippen LogP contribution in [0.25, 0.3) is 0 Å². The largest absolute Gasteiger partial charge is 0.341 e. The van der Waals surface area contributed by atoms with Crippen molar-refractivity contribution in [3.8, 4) is 0 Å². The first kappa shape index (κ1) is 11.2. The van der Waals surface area contributed by atoms with Crippen molar-refractivity contribution >= 4 is 28.4 Å². The van der Waals surface area contributed by atoms with Crippen molar-refractivity contribution in [2.75, 3.05) is 13.1 Å². The first-order valence-electron chi connectivity index (χ1n) is 4.70. The molecule has 0 radical (unpaired) electrons. The molecule has 0 aromatic rings. The Morgan fingerprint density at radius 2 is 1.85 bits per heavy atom. The number of piperidine rings is 1. The predicted octanol–water partition coefficient (Wildman–Crippen LogP) is 2.36. The van der Waals surface area contributed by atoms with Crippen molar-refractivity contribution in [3.05, 3.63) is 0 Å². The number of rotatable bonds is 2. The van der Waals surface area contributed by atoms with Gasteiger partial charge in [0.05, 0.1) is 4.75 Å². The van der Waals surface area contributed by atoms with E-state index in [1.54, 1.807) is 0 Å². The normalized spacial score (nSPS) is 18.8. The summed E-state index contributed by atoms with van der Waals surface area (Å²) in [5, 5.41) is 0. The third-order valence-corrected chi connectivity index (χ3v) is 4.39. The summed E-state index contributed by atoms with van der Waals surface area (Å²) in [7, 11) is 1.33. The minimum atomic E-state index is -0.375. The Morgan fingerprint density at radius 1 is 1.31 bits per heavy atom. The van der Waals surface area contributed by atoms with E-state index in [0.717, 1.165) is 25.9 Å². The van der Waals surface area contributed by atoms with Crippen LogP contribution in [-0.4, -0.2) is 28.6 Å². The fraction of sp³-hybridized carbons (Fsp3) is 0.889. The summed E-state index contributed by atoms with van der Waals surface area (Å²) < 4.78 is -0.375. The van der Waals surface area contributed by atoms with Crippen LogP contribution >= 0.6 is 22.5 Å².